The molecule has 2 aliphatic heterocycles. The Morgan fingerprint density at radius 2 is 1.51 bits per heavy atom. The van der Waals surface area contributed by atoms with Crippen LogP contribution in [0.25, 0.3) is 0 Å². The Kier molecular flexibility index (Phi) is 6.92. The van der Waals surface area contributed by atoms with Crippen LogP contribution in [-0.4, -0.2) is 64.0 Å². The first-order valence-electron chi connectivity index (χ1n) is 12.5. The molecule has 3 aromatic carbocycles. The van der Waals surface area contributed by atoms with Gasteiger partial charge in [0.1, 0.15) is 12.2 Å². The number of hydrogen-bond donors (Lipinski definition) is 1. The number of nitrogens with one attached hydrogen (secondary N) is 1. The summed E-state index contributed by atoms with van der Waals surface area (Å²) in [5.41, 5.74) is 2.69. The van der Waals surface area contributed by atoms with Crippen LogP contribution in [0.5, 0.6) is 0 Å². The molecule has 8 heteroatoms. The molecule has 0 bridgehead atoms. The molecule has 0 unspecified atom stereocenters. The van der Waals surface area contributed by atoms with Crippen molar-refractivity contribution >= 4 is 17.8 Å². The highest BCUT2D eigenvalue weighted by atomic mass is 16.2. The topological polar surface area (TPSA) is 76.2 Å². The molecule has 2 aliphatic rings. The summed E-state index contributed by atoms with van der Waals surface area (Å²) in [5, 5.41) is 6.22. The highest BCUT2D eigenvalue weighted by Gasteiger charge is 2.52. The number of piperazine rings is 1. The SMILES string of the molecule is C[C@@H](c1ccccc1)N1C[C@H]2N(C(=O)CN(C)N2C(=O)NCc2ccccc2)[C@@H](c2ccccc2)C1=O. The van der Waals surface area contributed by atoms with Gasteiger partial charge in [0.15, 0.2) is 0 Å². The standard InChI is InChI=1S/C29H31N5O3/c1-21(23-14-8-4-9-15-23)32-19-25-33(27(28(32)36)24-16-10-5-11-17-24)26(35)20-31(2)34(25)29(37)30-18-22-12-6-3-7-13-22/h3-17,21,25,27H,18-20H2,1-2H3,(H,30,37)/t21-,25-,27-/m0/s1. The number of benzene rings is 3. The summed E-state index contributed by atoms with van der Waals surface area (Å²) < 4.78 is 0. The molecule has 3 aromatic rings. The molecule has 0 aliphatic carbocycles. The lowest BCUT2D eigenvalue weighted by Crippen LogP contribution is -2.73. The maximum absolute atomic E-state index is 14.0. The maximum Gasteiger partial charge on any atom is 0.334 e. The second-order valence-electron chi connectivity index (χ2n) is 9.48. The molecule has 0 saturated carbocycles. The number of carbonyl (C=O) groups is 3. The minimum absolute atomic E-state index is 0.000109. The van der Waals surface area contributed by atoms with Crippen LogP contribution in [0.2, 0.25) is 0 Å². The van der Waals surface area contributed by atoms with E-state index in [2.05, 4.69) is 5.32 Å². The average molecular weight is 498 g/mol. The summed E-state index contributed by atoms with van der Waals surface area (Å²) in [4.78, 5) is 44.4. The average Bonchev–Trinajstić information content (AvgIpc) is 2.93. The van der Waals surface area contributed by atoms with Gasteiger partial charge >= 0.3 is 6.03 Å². The van der Waals surface area contributed by atoms with Crippen molar-refractivity contribution in [1.82, 2.24) is 25.1 Å². The number of likely N-dealkylation sites (N-methyl/N-ethyl adjacent to an activating group) is 1. The predicted octanol–water partition coefficient (Wildman–Crippen LogP) is 3.56. The molecule has 4 amide bonds. The number of rotatable bonds is 5. The summed E-state index contributed by atoms with van der Waals surface area (Å²) in [7, 11) is 1.73. The van der Waals surface area contributed by atoms with Gasteiger partial charge in [0.25, 0.3) is 5.91 Å². The zero-order valence-electron chi connectivity index (χ0n) is 21.0. The number of carbonyl (C=O) groups excluding carboxylic acids is 3. The van der Waals surface area contributed by atoms with E-state index in [1.807, 2.05) is 97.9 Å². The molecule has 37 heavy (non-hydrogen) atoms. The summed E-state index contributed by atoms with van der Waals surface area (Å²) in [5.74, 6) is -0.338. The van der Waals surface area contributed by atoms with Gasteiger partial charge in [-0.25, -0.2) is 14.8 Å². The normalized spacial score (nSPS) is 21.0. The van der Waals surface area contributed by atoms with E-state index < -0.39 is 12.2 Å². The number of fused-ring (bicyclic) bond motifs is 1. The second kappa shape index (κ2) is 10.4. The van der Waals surface area contributed by atoms with Gasteiger partial charge in [-0.3, -0.25) is 9.59 Å². The molecule has 2 fully saturated rings. The molecule has 8 nitrogen and oxygen atoms in total. The lowest BCUT2D eigenvalue weighted by molar-refractivity contribution is -0.189. The Bertz CT molecular complexity index is 1250. The largest absolute Gasteiger partial charge is 0.334 e. The van der Waals surface area contributed by atoms with E-state index in [1.165, 1.54) is 0 Å². The zero-order valence-corrected chi connectivity index (χ0v) is 21.0. The van der Waals surface area contributed by atoms with E-state index in [4.69, 9.17) is 0 Å². The van der Waals surface area contributed by atoms with Crippen LogP contribution in [0.1, 0.15) is 35.7 Å². The minimum Gasteiger partial charge on any atom is -0.333 e. The van der Waals surface area contributed by atoms with Crippen molar-refractivity contribution in [2.24, 2.45) is 0 Å². The molecule has 0 radical (unpaired) electrons. The molecule has 5 rings (SSSR count). The number of hydrogen-bond acceptors (Lipinski definition) is 4. The van der Waals surface area contributed by atoms with E-state index in [1.54, 1.807) is 26.9 Å². The molecule has 2 saturated heterocycles. The Labute approximate surface area is 217 Å². The summed E-state index contributed by atoms with van der Waals surface area (Å²) >= 11 is 0. The van der Waals surface area contributed by atoms with Crippen LogP contribution in [-0.2, 0) is 16.1 Å². The van der Waals surface area contributed by atoms with Crippen LogP contribution in [0.15, 0.2) is 91.0 Å². The van der Waals surface area contributed by atoms with E-state index in [0.717, 1.165) is 16.7 Å². The predicted molar refractivity (Wildman–Crippen MR) is 140 cm³/mol. The van der Waals surface area contributed by atoms with E-state index in [0.29, 0.717) is 6.54 Å². The Hall–Kier alpha value is -4.17. The van der Waals surface area contributed by atoms with Crippen LogP contribution in [0, 0.1) is 0 Å². The van der Waals surface area contributed by atoms with Crippen LogP contribution in [0.4, 0.5) is 4.79 Å². The van der Waals surface area contributed by atoms with Crippen molar-refractivity contribution < 1.29 is 14.4 Å². The van der Waals surface area contributed by atoms with Crippen molar-refractivity contribution in [3.8, 4) is 0 Å². The molecule has 190 valence electrons. The van der Waals surface area contributed by atoms with Gasteiger partial charge in [-0.1, -0.05) is 91.0 Å². The fourth-order valence-corrected chi connectivity index (χ4v) is 5.23. The van der Waals surface area contributed by atoms with Crippen LogP contribution in [0.3, 0.4) is 0 Å². The lowest BCUT2D eigenvalue weighted by Gasteiger charge is -2.55. The fraction of sp³-hybridized carbons (Fsp3) is 0.276. The molecule has 1 N–H and O–H groups in total. The zero-order chi connectivity index (χ0) is 25.9. The third kappa shape index (κ3) is 4.80. The number of amides is 4. The molecule has 0 aromatic heterocycles. The third-order valence-electron chi connectivity index (χ3n) is 7.14. The fourth-order valence-electron chi connectivity index (χ4n) is 5.23. The van der Waals surface area contributed by atoms with Gasteiger partial charge in [-0.15, -0.1) is 0 Å². The lowest BCUT2D eigenvalue weighted by atomic mass is 9.96. The number of urea groups is 1. The van der Waals surface area contributed by atoms with Crippen molar-refractivity contribution in [1.29, 1.82) is 0 Å². The highest BCUT2D eigenvalue weighted by molar-refractivity contribution is 5.92. The monoisotopic (exact) mass is 497 g/mol. The van der Waals surface area contributed by atoms with Crippen molar-refractivity contribution in [2.45, 2.75) is 31.7 Å². The third-order valence-corrected chi connectivity index (χ3v) is 7.14. The molecular weight excluding hydrogens is 466 g/mol. The number of hydrazine groups is 1. The van der Waals surface area contributed by atoms with Gasteiger partial charge in [0.2, 0.25) is 5.91 Å². The smallest absolute Gasteiger partial charge is 0.333 e. The van der Waals surface area contributed by atoms with Gasteiger partial charge in [0.05, 0.1) is 19.1 Å². The summed E-state index contributed by atoms with van der Waals surface area (Å²) in [6.07, 6.45) is -0.656. The van der Waals surface area contributed by atoms with Crippen LogP contribution >= 0.6 is 0 Å². The first-order chi connectivity index (χ1) is 18.0. The minimum atomic E-state index is -0.822. The van der Waals surface area contributed by atoms with Gasteiger partial charge in [-0.2, -0.15) is 0 Å². The highest BCUT2D eigenvalue weighted by Crippen LogP contribution is 2.37. The maximum atomic E-state index is 14.0. The molecule has 0 spiro atoms. The first-order valence-corrected chi connectivity index (χ1v) is 12.5. The Morgan fingerprint density at radius 1 is 0.919 bits per heavy atom. The van der Waals surface area contributed by atoms with E-state index >= 15 is 0 Å². The van der Waals surface area contributed by atoms with Crippen LogP contribution < -0.4 is 5.32 Å². The van der Waals surface area contributed by atoms with Crippen molar-refractivity contribution in [2.75, 3.05) is 20.1 Å². The van der Waals surface area contributed by atoms with Gasteiger partial charge in [-0.05, 0) is 23.6 Å². The Balaban J connectivity index is 1.51. The first kappa shape index (κ1) is 24.5. The Morgan fingerprint density at radius 3 is 2.16 bits per heavy atom. The van der Waals surface area contributed by atoms with E-state index in [-0.39, 0.29) is 37.0 Å². The summed E-state index contributed by atoms with van der Waals surface area (Å²) in [6.45, 7) is 2.54. The molecular formula is C29H31N5O3. The van der Waals surface area contributed by atoms with Gasteiger partial charge < -0.3 is 15.1 Å². The van der Waals surface area contributed by atoms with Crippen molar-refractivity contribution in [3.63, 3.8) is 0 Å². The van der Waals surface area contributed by atoms with E-state index in [9.17, 15) is 14.4 Å². The quantitative estimate of drug-likeness (QED) is 0.585. The molecule has 2 heterocycles. The summed E-state index contributed by atoms with van der Waals surface area (Å²) in [6, 6.07) is 27.4. The van der Waals surface area contributed by atoms with Crippen molar-refractivity contribution in [3.05, 3.63) is 108 Å². The second-order valence-corrected chi connectivity index (χ2v) is 9.48. The molecule has 3 atom stereocenters. The number of nitrogens with zero attached hydrogens (tertiary/aromatic N) is 4. The van der Waals surface area contributed by atoms with Gasteiger partial charge in [0, 0.05) is 13.6 Å².